The first-order valence-electron chi connectivity index (χ1n) is 8.78. The fourth-order valence-electron chi connectivity index (χ4n) is 2.76. The molecule has 1 aromatic heterocycles. The van der Waals surface area contributed by atoms with Crippen LogP contribution in [0.2, 0.25) is 0 Å². The normalized spacial score (nSPS) is 14.2. The highest BCUT2D eigenvalue weighted by Gasteiger charge is 2.14. The molecule has 0 saturated carbocycles. The van der Waals surface area contributed by atoms with Crippen LogP contribution < -0.4 is 15.0 Å². The smallest absolute Gasteiger partial charge is 0.251 e. The maximum Gasteiger partial charge on any atom is 0.251 e. The fraction of sp³-hybridized carbons (Fsp3) is 0.421. The quantitative estimate of drug-likeness (QED) is 0.795. The lowest BCUT2D eigenvalue weighted by atomic mass is 10.1. The molecule has 1 aliphatic rings. The molecule has 1 N–H and O–H groups in total. The van der Waals surface area contributed by atoms with Gasteiger partial charge in [-0.1, -0.05) is 17.7 Å². The largest absolute Gasteiger partial charge is 0.476 e. The molecule has 1 aromatic carbocycles. The Labute approximate surface area is 153 Å². The third-order valence-corrected chi connectivity index (χ3v) is 4.05. The summed E-state index contributed by atoms with van der Waals surface area (Å²) in [4.78, 5) is 23.1. The van der Waals surface area contributed by atoms with Gasteiger partial charge in [-0.3, -0.25) is 4.79 Å². The summed E-state index contributed by atoms with van der Waals surface area (Å²) in [5.41, 5.74) is 1.71. The van der Waals surface area contributed by atoms with E-state index in [1.807, 2.05) is 38.1 Å². The average molecular weight is 356 g/mol. The zero-order chi connectivity index (χ0) is 18.4. The molecule has 0 radical (unpaired) electrons. The third kappa shape index (κ3) is 4.92. The molecule has 138 valence electrons. The second-order valence-corrected chi connectivity index (χ2v) is 6.18. The van der Waals surface area contributed by atoms with Crippen LogP contribution in [0.5, 0.6) is 5.88 Å². The number of ether oxygens (including phenoxy) is 2. The Hall–Kier alpha value is -2.67. The first-order chi connectivity index (χ1) is 12.6. The van der Waals surface area contributed by atoms with Crippen molar-refractivity contribution in [3.8, 4) is 5.88 Å². The summed E-state index contributed by atoms with van der Waals surface area (Å²) in [6.45, 7) is 7.57. The predicted molar refractivity (Wildman–Crippen MR) is 98.8 cm³/mol. The van der Waals surface area contributed by atoms with Gasteiger partial charge in [0.25, 0.3) is 5.91 Å². The van der Waals surface area contributed by atoms with E-state index in [4.69, 9.17) is 9.47 Å². The number of hydrogen-bond acceptors (Lipinski definition) is 6. The van der Waals surface area contributed by atoms with Crippen molar-refractivity contribution >= 4 is 11.7 Å². The van der Waals surface area contributed by atoms with Gasteiger partial charge in [-0.2, -0.15) is 4.98 Å². The van der Waals surface area contributed by atoms with Gasteiger partial charge in [0.2, 0.25) is 5.88 Å². The fourth-order valence-corrected chi connectivity index (χ4v) is 2.76. The first kappa shape index (κ1) is 18.1. The summed E-state index contributed by atoms with van der Waals surface area (Å²) in [6, 6.07) is 9.33. The first-order valence-corrected chi connectivity index (χ1v) is 8.78. The molecule has 7 nitrogen and oxygen atoms in total. The van der Waals surface area contributed by atoms with Crippen LogP contribution in [0.15, 0.2) is 30.3 Å². The van der Waals surface area contributed by atoms with E-state index < -0.39 is 0 Å². The molecular weight excluding hydrogens is 332 g/mol. The van der Waals surface area contributed by atoms with Crippen LogP contribution >= 0.6 is 0 Å². The summed E-state index contributed by atoms with van der Waals surface area (Å²) in [6.07, 6.45) is 0. The van der Waals surface area contributed by atoms with Crippen LogP contribution in [0.1, 0.15) is 21.7 Å². The van der Waals surface area contributed by atoms with Crippen molar-refractivity contribution in [2.75, 3.05) is 44.4 Å². The lowest BCUT2D eigenvalue weighted by molar-refractivity contribution is 0.0946. The molecule has 0 spiro atoms. The van der Waals surface area contributed by atoms with Gasteiger partial charge in [0.05, 0.1) is 19.8 Å². The van der Waals surface area contributed by atoms with Gasteiger partial charge in [0, 0.05) is 24.7 Å². The van der Waals surface area contributed by atoms with E-state index in [2.05, 4.69) is 20.2 Å². The topological polar surface area (TPSA) is 76.6 Å². The minimum atomic E-state index is -0.106. The summed E-state index contributed by atoms with van der Waals surface area (Å²) in [5, 5.41) is 2.85. The molecule has 0 unspecified atom stereocenters. The second-order valence-electron chi connectivity index (χ2n) is 6.18. The van der Waals surface area contributed by atoms with E-state index in [-0.39, 0.29) is 5.91 Å². The molecule has 0 bridgehead atoms. The van der Waals surface area contributed by atoms with Gasteiger partial charge in [0.1, 0.15) is 18.2 Å². The van der Waals surface area contributed by atoms with Gasteiger partial charge in [0.15, 0.2) is 0 Å². The molecule has 1 saturated heterocycles. The Morgan fingerprint density at radius 3 is 2.81 bits per heavy atom. The maximum absolute atomic E-state index is 12.1. The number of hydrogen-bond donors (Lipinski definition) is 1. The number of carbonyl (C=O) groups excluding carboxylic acids is 1. The van der Waals surface area contributed by atoms with Crippen LogP contribution in [0.3, 0.4) is 0 Å². The highest BCUT2D eigenvalue weighted by Crippen LogP contribution is 2.18. The number of benzene rings is 1. The zero-order valence-corrected chi connectivity index (χ0v) is 15.2. The standard InChI is InChI=1S/C19H24N4O3/c1-14-4-3-5-16(12-14)19(24)20-6-9-26-18-13-17(21-15(2)22-18)23-7-10-25-11-8-23/h3-5,12-13H,6-11H2,1-2H3,(H,20,24). The molecule has 2 heterocycles. The number of aromatic nitrogens is 2. The molecule has 26 heavy (non-hydrogen) atoms. The van der Waals surface area contributed by atoms with Gasteiger partial charge in [-0.05, 0) is 26.0 Å². The summed E-state index contributed by atoms with van der Waals surface area (Å²) in [7, 11) is 0. The van der Waals surface area contributed by atoms with Crippen molar-refractivity contribution in [1.82, 2.24) is 15.3 Å². The Bertz CT molecular complexity index is 760. The summed E-state index contributed by atoms with van der Waals surface area (Å²) < 4.78 is 11.1. The Morgan fingerprint density at radius 2 is 2.04 bits per heavy atom. The number of morpholine rings is 1. The molecule has 0 atom stereocenters. The van der Waals surface area contributed by atoms with Crippen molar-refractivity contribution < 1.29 is 14.3 Å². The number of carbonyl (C=O) groups is 1. The summed E-state index contributed by atoms with van der Waals surface area (Å²) in [5.74, 6) is 1.92. The van der Waals surface area contributed by atoms with E-state index >= 15 is 0 Å². The number of amides is 1. The minimum Gasteiger partial charge on any atom is -0.476 e. The third-order valence-electron chi connectivity index (χ3n) is 4.05. The Balaban J connectivity index is 1.51. The SMILES string of the molecule is Cc1cccc(C(=O)NCCOc2cc(N3CCOCC3)nc(C)n2)c1. The molecule has 2 aromatic rings. The van der Waals surface area contributed by atoms with Crippen molar-refractivity contribution in [3.63, 3.8) is 0 Å². The molecule has 7 heteroatoms. The number of anilines is 1. The highest BCUT2D eigenvalue weighted by atomic mass is 16.5. The monoisotopic (exact) mass is 356 g/mol. The number of nitrogens with one attached hydrogen (secondary N) is 1. The summed E-state index contributed by atoms with van der Waals surface area (Å²) >= 11 is 0. The molecule has 1 amide bonds. The Morgan fingerprint density at radius 1 is 1.23 bits per heavy atom. The van der Waals surface area contributed by atoms with Crippen LogP contribution in [0, 0.1) is 13.8 Å². The number of aryl methyl sites for hydroxylation is 2. The molecule has 0 aliphatic carbocycles. The molecular formula is C19H24N4O3. The van der Waals surface area contributed by atoms with Gasteiger partial charge < -0.3 is 19.7 Å². The van der Waals surface area contributed by atoms with Crippen molar-refractivity contribution in [1.29, 1.82) is 0 Å². The van der Waals surface area contributed by atoms with Crippen LogP contribution in [-0.4, -0.2) is 55.3 Å². The average Bonchev–Trinajstić information content (AvgIpc) is 2.65. The van der Waals surface area contributed by atoms with Crippen molar-refractivity contribution in [2.45, 2.75) is 13.8 Å². The highest BCUT2D eigenvalue weighted by molar-refractivity contribution is 5.94. The lowest BCUT2D eigenvalue weighted by Crippen LogP contribution is -2.37. The van der Waals surface area contributed by atoms with E-state index in [0.717, 1.165) is 24.5 Å². The van der Waals surface area contributed by atoms with E-state index in [9.17, 15) is 4.79 Å². The van der Waals surface area contributed by atoms with E-state index in [1.165, 1.54) is 0 Å². The van der Waals surface area contributed by atoms with E-state index in [1.54, 1.807) is 6.07 Å². The van der Waals surface area contributed by atoms with Gasteiger partial charge in [-0.25, -0.2) is 4.98 Å². The maximum atomic E-state index is 12.1. The van der Waals surface area contributed by atoms with E-state index in [0.29, 0.717) is 43.6 Å². The second kappa shape index (κ2) is 8.62. The molecule has 1 fully saturated rings. The number of rotatable bonds is 6. The van der Waals surface area contributed by atoms with Gasteiger partial charge >= 0.3 is 0 Å². The number of nitrogens with zero attached hydrogens (tertiary/aromatic N) is 3. The van der Waals surface area contributed by atoms with Crippen molar-refractivity contribution in [2.24, 2.45) is 0 Å². The van der Waals surface area contributed by atoms with Crippen molar-refractivity contribution in [3.05, 3.63) is 47.3 Å². The predicted octanol–water partition coefficient (Wildman–Crippen LogP) is 1.74. The van der Waals surface area contributed by atoms with Crippen LogP contribution in [-0.2, 0) is 4.74 Å². The van der Waals surface area contributed by atoms with Crippen LogP contribution in [0.25, 0.3) is 0 Å². The van der Waals surface area contributed by atoms with Crippen LogP contribution in [0.4, 0.5) is 5.82 Å². The minimum absolute atomic E-state index is 0.106. The Kier molecular flexibility index (Phi) is 6.01. The molecule has 1 aliphatic heterocycles. The zero-order valence-electron chi connectivity index (χ0n) is 15.2. The lowest BCUT2D eigenvalue weighted by Gasteiger charge is -2.28. The van der Waals surface area contributed by atoms with Gasteiger partial charge in [-0.15, -0.1) is 0 Å². The molecule has 3 rings (SSSR count).